The van der Waals surface area contributed by atoms with Gasteiger partial charge in [0.05, 0.1) is 0 Å². The maximum Gasteiger partial charge on any atom is -0.00141 e. The van der Waals surface area contributed by atoms with E-state index < -0.39 is 0 Å². The lowest BCUT2D eigenvalue weighted by Gasteiger charge is -2.17. The van der Waals surface area contributed by atoms with E-state index in [4.69, 9.17) is 0 Å². The van der Waals surface area contributed by atoms with Crippen LogP contribution in [0.4, 0.5) is 0 Å². The SMILES string of the molecule is CC1=C(C)c2ccc3c4ccc5c6c(ccc(c7ccc1c2c73)c64)C=C5. The summed E-state index contributed by atoms with van der Waals surface area (Å²) in [5, 5.41) is 11.3. The molecule has 5 aromatic rings. The fourth-order valence-corrected chi connectivity index (χ4v) is 5.43. The van der Waals surface area contributed by atoms with Gasteiger partial charge in [-0.05, 0) is 90.3 Å². The zero-order chi connectivity index (χ0) is 17.2. The fourth-order valence-electron chi connectivity index (χ4n) is 5.43. The molecular formula is C26H16. The Bertz CT molecular complexity index is 1420. The van der Waals surface area contributed by atoms with Crippen molar-refractivity contribution in [1.29, 1.82) is 0 Å². The van der Waals surface area contributed by atoms with Crippen LogP contribution in [0.5, 0.6) is 0 Å². The van der Waals surface area contributed by atoms with Crippen LogP contribution in [0.15, 0.2) is 48.5 Å². The van der Waals surface area contributed by atoms with E-state index in [0.717, 1.165) is 0 Å². The average Bonchev–Trinajstić information content (AvgIpc) is 3.21. The minimum atomic E-state index is 1.35. The maximum atomic E-state index is 2.35. The topological polar surface area (TPSA) is 0 Å². The molecule has 0 nitrogen and oxygen atoms in total. The van der Waals surface area contributed by atoms with Gasteiger partial charge in [-0.3, -0.25) is 0 Å². The zero-order valence-corrected chi connectivity index (χ0v) is 14.8. The number of hydrogen-bond acceptors (Lipinski definition) is 0. The van der Waals surface area contributed by atoms with Crippen molar-refractivity contribution in [3.05, 3.63) is 70.8 Å². The van der Waals surface area contributed by atoms with Crippen LogP contribution in [0.3, 0.4) is 0 Å². The van der Waals surface area contributed by atoms with Crippen molar-refractivity contribution in [2.24, 2.45) is 0 Å². The lowest BCUT2D eigenvalue weighted by atomic mass is 9.86. The van der Waals surface area contributed by atoms with Crippen LogP contribution in [0.2, 0.25) is 0 Å². The first-order valence-electron chi connectivity index (χ1n) is 9.30. The Morgan fingerprint density at radius 2 is 0.846 bits per heavy atom. The highest BCUT2D eigenvalue weighted by atomic mass is 14.3. The van der Waals surface area contributed by atoms with Crippen molar-refractivity contribution < 1.29 is 0 Å². The Hall–Kier alpha value is -3.12. The van der Waals surface area contributed by atoms with E-state index in [-0.39, 0.29) is 0 Å². The molecule has 0 heterocycles. The summed E-state index contributed by atoms with van der Waals surface area (Å²) in [4.78, 5) is 0. The number of allylic oxidation sites excluding steroid dienone is 2. The van der Waals surface area contributed by atoms with Crippen molar-refractivity contribution in [1.82, 2.24) is 0 Å². The molecule has 0 saturated heterocycles. The molecule has 0 aromatic heterocycles. The zero-order valence-electron chi connectivity index (χ0n) is 14.8. The molecule has 120 valence electrons. The molecule has 0 fully saturated rings. The predicted octanol–water partition coefficient (Wildman–Crippen LogP) is 7.49. The highest BCUT2D eigenvalue weighted by Crippen LogP contribution is 2.49. The molecule has 0 bridgehead atoms. The van der Waals surface area contributed by atoms with Crippen LogP contribution in [0.1, 0.15) is 36.1 Å². The molecule has 0 N–H and O–H groups in total. The highest BCUT2D eigenvalue weighted by molar-refractivity contribution is 6.37. The predicted molar refractivity (Wildman–Crippen MR) is 115 cm³/mol. The van der Waals surface area contributed by atoms with Crippen molar-refractivity contribution in [2.45, 2.75) is 13.8 Å². The molecule has 0 radical (unpaired) electrons. The summed E-state index contributed by atoms with van der Waals surface area (Å²) in [6.45, 7) is 4.52. The second-order valence-electron chi connectivity index (χ2n) is 7.81. The third kappa shape index (κ3) is 1.23. The van der Waals surface area contributed by atoms with Gasteiger partial charge in [-0.1, -0.05) is 60.7 Å². The molecule has 0 spiro atoms. The molecular weight excluding hydrogens is 312 g/mol. The summed E-state index contributed by atoms with van der Waals surface area (Å²) in [6, 6.07) is 18.6. The standard InChI is InChI=1S/C26H16/c1-13-14(2)18-10-12-22-20-8-6-16-4-3-15-5-7-19(25(20)23(15)16)21-11-9-17(13)24(18)26(21)22/h3-12H,1-2H3. The van der Waals surface area contributed by atoms with Gasteiger partial charge in [0.15, 0.2) is 0 Å². The van der Waals surface area contributed by atoms with Gasteiger partial charge in [0, 0.05) is 0 Å². The largest absolute Gasteiger partial charge is 0.0537 e. The molecule has 0 atom stereocenters. The molecule has 0 unspecified atom stereocenters. The first-order valence-corrected chi connectivity index (χ1v) is 9.30. The quantitative estimate of drug-likeness (QED) is 0.200. The molecule has 2 aliphatic carbocycles. The van der Waals surface area contributed by atoms with Crippen LogP contribution in [0, 0.1) is 0 Å². The Balaban J connectivity index is 1.87. The third-order valence-corrected chi connectivity index (χ3v) is 6.78. The smallest absolute Gasteiger partial charge is 0.00141 e. The Kier molecular flexibility index (Phi) is 2.02. The number of hydrogen-bond donors (Lipinski definition) is 0. The van der Waals surface area contributed by atoms with Crippen LogP contribution in [0.25, 0.3) is 66.4 Å². The van der Waals surface area contributed by atoms with Gasteiger partial charge in [-0.15, -0.1) is 0 Å². The average molecular weight is 328 g/mol. The molecule has 7 rings (SSSR count). The molecule has 0 heteroatoms. The van der Waals surface area contributed by atoms with Gasteiger partial charge in [-0.25, -0.2) is 0 Å². The summed E-state index contributed by atoms with van der Waals surface area (Å²) in [5.74, 6) is 0. The van der Waals surface area contributed by atoms with Gasteiger partial charge >= 0.3 is 0 Å². The van der Waals surface area contributed by atoms with Crippen LogP contribution >= 0.6 is 0 Å². The number of fused-ring (bicyclic) bond motifs is 2. The van der Waals surface area contributed by atoms with Crippen molar-refractivity contribution >= 4 is 66.4 Å². The maximum absolute atomic E-state index is 2.35. The monoisotopic (exact) mass is 328 g/mol. The Labute approximate surface area is 151 Å². The van der Waals surface area contributed by atoms with Gasteiger partial charge in [-0.2, -0.15) is 0 Å². The van der Waals surface area contributed by atoms with E-state index >= 15 is 0 Å². The lowest BCUT2D eigenvalue weighted by molar-refractivity contribution is 1.66. The summed E-state index contributed by atoms with van der Waals surface area (Å²) in [6.07, 6.45) is 4.50. The first-order chi connectivity index (χ1) is 12.7. The number of benzene rings is 5. The molecule has 0 saturated carbocycles. The van der Waals surface area contributed by atoms with E-state index in [1.165, 1.54) is 76.5 Å². The normalized spacial score (nSPS) is 15.0. The van der Waals surface area contributed by atoms with Gasteiger partial charge in [0.1, 0.15) is 0 Å². The summed E-state index contributed by atoms with van der Waals surface area (Å²) in [7, 11) is 0. The van der Waals surface area contributed by atoms with E-state index in [1.54, 1.807) is 0 Å². The van der Waals surface area contributed by atoms with Crippen LogP contribution < -0.4 is 0 Å². The molecule has 0 amide bonds. The molecule has 2 aliphatic rings. The van der Waals surface area contributed by atoms with Gasteiger partial charge < -0.3 is 0 Å². The minimum Gasteiger partial charge on any atom is -0.0537 e. The van der Waals surface area contributed by atoms with Gasteiger partial charge in [0.25, 0.3) is 0 Å². The lowest BCUT2D eigenvalue weighted by Crippen LogP contribution is -1.90. The number of rotatable bonds is 0. The van der Waals surface area contributed by atoms with E-state index in [2.05, 4.69) is 74.5 Å². The van der Waals surface area contributed by atoms with Crippen molar-refractivity contribution in [2.75, 3.05) is 0 Å². The van der Waals surface area contributed by atoms with E-state index in [0.29, 0.717) is 0 Å². The van der Waals surface area contributed by atoms with E-state index in [9.17, 15) is 0 Å². The Morgan fingerprint density at radius 1 is 0.423 bits per heavy atom. The minimum absolute atomic E-state index is 1.35. The van der Waals surface area contributed by atoms with Crippen molar-refractivity contribution in [3.8, 4) is 0 Å². The fraction of sp³-hybridized carbons (Fsp3) is 0.0769. The third-order valence-electron chi connectivity index (χ3n) is 6.78. The first kappa shape index (κ1) is 13.1. The van der Waals surface area contributed by atoms with Crippen molar-refractivity contribution in [3.63, 3.8) is 0 Å². The van der Waals surface area contributed by atoms with Crippen LogP contribution in [-0.4, -0.2) is 0 Å². The second-order valence-corrected chi connectivity index (χ2v) is 7.81. The van der Waals surface area contributed by atoms with Gasteiger partial charge in [0.2, 0.25) is 0 Å². The summed E-state index contributed by atoms with van der Waals surface area (Å²) < 4.78 is 0. The van der Waals surface area contributed by atoms with E-state index in [1.807, 2.05) is 0 Å². The molecule has 26 heavy (non-hydrogen) atoms. The highest BCUT2D eigenvalue weighted by Gasteiger charge is 2.24. The second kappa shape index (κ2) is 3.99. The summed E-state index contributed by atoms with van der Waals surface area (Å²) in [5.41, 5.74) is 8.38. The molecule has 5 aromatic carbocycles. The molecule has 0 aliphatic heterocycles. The summed E-state index contributed by atoms with van der Waals surface area (Å²) >= 11 is 0. The Morgan fingerprint density at radius 3 is 1.35 bits per heavy atom. The van der Waals surface area contributed by atoms with Crippen LogP contribution in [-0.2, 0) is 0 Å².